The van der Waals surface area contributed by atoms with Crippen molar-refractivity contribution in [2.75, 3.05) is 19.8 Å². The fourth-order valence-corrected chi connectivity index (χ4v) is 6.54. The molecule has 0 aromatic heterocycles. The Morgan fingerprint density at radius 1 is 0.400 bits per heavy atom. The Kier molecular flexibility index (Phi) is 29.7. The summed E-state index contributed by atoms with van der Waals surface area (Å²) in [7, 11) is 0. The summed E-state index contributed by atoms with van der Waals surface area (Å²) in [4.78, 5) is 23.5. The Morgan fingerprint density at radius 3 is 1.15 bits per heavy atom. The third-order valence-corrected chi connectivity index (χ3v) is 10.5. The summed E-state index contributed by atoms with van der Waals surface area (Å²) in [5.41, 5.74) is 0. The Balaban J connectivity index is 3.75. The number of alkyl halides is 13. The Bertz CT molecular complexity index is 1110. The Labute approximate surface area is 348 Å². The van der Waals surface area contributed by atoms with E-state index in [0.717, 1.165) is 51.4 Å². The van der Waals surface area contributed by atoms with Gasteiger partial charge in [0.05, 0.1) is 19.6 Å². The number of unbranched alkanes of at least 4 members (excludes halogenated alkanes) is 26. The molecule has 0 aromatic carbocycles. The number of rotatable bonds is 39. The van der Waals surface area contributed by atoms with Crippen molar-refractivity contribution in [3.05, 3.63) is 0 Å². The molecule has 358 valence electrons. The zero-order valence-corrected chi connectivity index (χ0v) is 35.4. The van der Waals surface area contributed by atoms with Crippen molar-refractivity contribution in [1.82, 2.24) is 5.32 Å². The molecule has 0 saturated heterocycles. The van der Waals surface area contributed by atoms with E-state index in [9.17, 15) is 66.7 Å². The summed E-state index contributed by atoms with van der Waals surface area (Å²) in [6, 6.07) is 0. The van der Waals surface area contributed by atoms with Gasteiger partial charge in [0, 0.05) is 13.0 Å². The lowest BCUT2D eigenvalue weighted by Crippen LogP contribution is -2.70. The van der Waals surface area contributed by atoms with Crippen molar-refractivity contribution in [3.63, 3.8) is 0 Å². The maximum atomic E-state index is 13.8. The standard InChI is InChI=1S/C42H70F13NO4/c1-2-3-4-5-6-7-8-9-10-11-12-13-14-15-16-17-20-23-26-29-33-60-36(58)56-32-28-25-22-19-18-21-24-27-30-35(57)59-34-31-37(43,44)38(45,46)39(47,48)40(49,50)41(51,52)42(53,54)55/h2-34H2,1H3,(H,56,58). The van der Waals surface area contributed by atoms with E-state index in [1.165, 1.54) is 109 Å². The molecule has 0 heterocycles. The topological polar surface area (TPSA) is 64.6 Å². The van der Waals surface area contributed by atoms with Crippen LogP contribution in [-0.4, -0.2) is 67.6 Å². The van der Waals surface area contributed by atoms with Gasteiger partial charge in [-0.15, -0.1) is 0 Å². The van der Waals surface area contributed by atoms with Crippen LogP contribution in [0.3, 0.4) is 0 Å². The van der Waals surface area contributed by atoms with Crippen LogP contribution in [0.2, 0.25) is 0 Å². The molecular weight excluding hydrogens is 829 g/mol. The zero-order chi connectivity index (χ0) is 45.6. The van der Waals surface area contributed by atoms with Crippen LogP contribution in [0.4, 0.5) is 61.9 Å². The first-order valence-corrected chi connectivity index (χ1v) is 22.1. The number of hydrogen-bond donors (Lipinski definition) is 1. The van der Waals surface area contributed by atoms with Crippen LogP contribution in [0.5, 0.6) is 0 Å². The van der Waals surface area contributed by atoms with Crippen LogP contribution in [0.25, 0.3) is 0 Å². The minimum absolute atomic E-state index is 0.161. The molecule has 0 aromatic rings. The maximum absolute atomic E-state index is 13.8. The van der Waals surface area contributed by atoms with Gasteiger partial charge in [-0.2, -0.15) is 57.1 Å². The van der Waals surface area contributed by atoms with Gasteiger partial charge in [0.1, 0.15) is 0 Å². The second-order valence-electron chi connectivity index (χ2n) is 15.8. The van der Waals surface area contributed by atoms with E-state index in [2.05, 4.69) is 17.0 Å². The first kappa shape index (κ1) is 57.8. The number of hydrogen-bond acceptors (Lipinski definition) is 4. The molecule has 18 heteroatoms. The monoisotopic (exact) mass is 900 g/mol. The molecule has 0 unspecified atom stereocenters. The molecule has 0 rings (SSSR count). The van der Waals surface area contributed by atoms with Crippen molar-refractivity contribution < 1.29 is 76.1 Å². The second-order valence-corrected chi connectivity index (χ2v) is 15.8. The van der Waals surface area contributed by atoms with Gasteiger partial charge in [-0.25, -0.2) is 4.79 Å². The number of ether oxygens (including phenoxy) is 2. The molecule has 60 heavy (non-hydrogen) atoms. The Morgan fingerprint density at radius 2 is 0.750 bits per heavy atom. The third kappa shape index (κ3) is 22.3. The van der Waals surface area contributed by atoms with Crippen LogP contribution in [0.1, 0.15) is 200 Å². The smallest absolute Gasteiger partial charge is 0.460 e. The predicted molar refractivity (Wildman–Crippen MR) is 205 cm³/mol. The highest BCUT2D eigenvalue weighted by Crippen LogP contribution is 2.60. The molecule has 0 aliphatic heterocycles. The summed E-state index contributed by atoms with van der Waals surface area (Å²) in [6.07, 6.45) is 20.3. The molecule has 0 aliphatic rings. The van der Waals surface area contributed by atoms with Crippen LogP contribution in [-0.2, 0) is 14.3 Å². The molecule has 0 radical (unpaired) electrons. The molecule has 0 atom stereocenters. The van der Waals surface area contributed by atoms with Crippen molar-refractivity contribution in [2.45, 2.75) is 235 Å². The van der Waals surface area contributed by atoms with Crippen molar-refractivity contribution in [1.29, 1.82) is 0 Å². The van der Waals surface area contributed by atoms with Crippen molar-refractivity contribution >= 4 is 12.1 Å². The van der Waals surface area contributed by atoms with Gasteiger partial charge in [0.25, 0.3) is 0 Å². The average molecular weight is 900 g/mol. The van der Waals surface area contributed by atoms with Gasteiger partial charge in [-0.3, -0.25) is 4.79 Å². The number of alkyl carbamates (subject to hydrolysis) is 1. The quantitative estimate of drug-likeness (QED) is 0.0379. The first-order valence-electron chi connectivity index (χ1n) is 22.1. The number of nitrogens with one attached hydrogen (secondary N) is 1. The second kappa shape index (κ2) is 30.8. The molecular formula is C42H70F13NO4. The summed E-state index contributed by atoms with van der Waals surface area (Å²) in [5, 5.41) is 2.72. The van der Waals surface area contributed by atoms with Crippen LogP contribution in [0.15, 0.2) is 0 Å². The summed E-state index contributed by atoms with van der Waals surface area (Å²) in [5.74, 6) is -38.5. The molecule has 0 fully saturated rings. The molecule has 1 N–H and O–H groups in total. The van der Waals surface area contributed by atoms with E-state index in [1.807, 2.05) is 0 Å². The van der Waals surface area contributed by atoms with E-state index in [-0.39, 0.29) is 6.42 Å². The molecule has 5 nitrogen and oxygen atoms in total. The fourth-order valence-electron chi connectivity index (χ4n) is 6.54. The van der Waals surface area contributed by atoms with Crippen LogP contribution in [0, 0.1) is 0 Å². The highest BCUT2D eigenvalue weighted by molar-refractivity contribution is 5.69. The molecule has 0 bridgehead atoms. The average Bonchev–Trinajstić information content (AvgIpc) is 3.16. The van der Waals surface area contributed by atoms with Crippen molar-refractivity contribution in [3.8, 4) is 0 Å². The normalized spacial score (nSPS) is 13.2. The lowest BCUT2D eigenvalue weighted by Gasteiger charge is -2.39. The number of halogens is 13. The van der Waals surface area contributed by atoms with Crippen LogP contribution < -0.4 is 5.32 Å². The predicted octanol–water partition coefficient (Wildman–Crippen LogP) is 15.7. The molecule has 0 aliphatic carbocycles. The van der Waals surface area contributed by atoms with Crippen molar-refractivity contribution in [2.24, 2.45) is 0 Å². The van der Waals surface area contributed by atoms with E-state index >= 15 is 0 Å². The fraction of sp³-hybridized carbons (Fsp3) is 0.952. The molecule has 0 saturated carbocycles. The molecule has 1 amide bonds. The number of esters is 1. The maximum Gasteiger partial charge on any atom is 0.460 e. The summed E-state index contributed by atoms with van der Waals surface area (Å²) < 4.78 is 180. The lowest BCUT2D eigenvalue weighted by atomic mass is 9.93. The summed E-state index contributed by atoms with van der Waals surface area (Å²) >= 11 is 0. The van der Waals surface area contributed by atoms with E-state index in [4.69, 9.17) is 4.74 Å². The minimum atomic E-state index is -7.96. The van der Waals surface area contributed by atoms with Gasteiger partial charge < -0.3 is 14.8 Å². The highest BCUT2D eigenvalue weighted by atomic mass is 19.4. The number of amides is 1. The van der Waals surface area contributed by atoms with Gasteiger partial charge in [-0.05, 0) is 19.3 Å². The highest BCUT2D eigenvalue weighted by Gasteiger charge is 2.90. The largest absolute Gasteiger partial charge is 0.465 e. The SMILES string of the molecule is CCCCCCCCCCCCCCCCCCCCCCOC(=O)NCCCCCCCCCCC(=O)OCCC(F)(F)C(F)(F)C(F)(F)C(F)(F)C(F)(F)C(F)(F)F. The minimum Gasteiger partial charge on any atom is -0.465 e. The van der Waals surface area contributed by atoms with E-state index in [0.29, 0.717) is 26.0 Å². The van der Waals surface area contributed by atoms with E-state index in [1.54, 1.807) is 0 Å². The van der Waals surface area contributed by atoms with E-state index < -0.39 is 67.3 Å². The summed E-state index contributed by atoms with van der Waals surface area (Å²) in [6.45, 7) is 1.37. The van der Waals surface area contributed by atoms with Gasteiger partial charge in [-0.1, -0.05) is 167 Å². The van der Waals surface area contributed by atoms with Gasteiger partial charge in [0.15, 0.2) is 0 Å². The number of carbonyl (C=O) groups is 2. The molecule has 0 spiro atoms. The lowest BCUT2D eigenvalue weighted by molar-refractivity contribution is -0.440. The third-order valence-electron chi connectivity index (χ3n) is 10.5. The number of carbonyl (C=O) groups excluding carboxylic acids is 2. The van der Waals surface area contributed by atoms with Gasteiger partial charge in [0.2, 0.25) is 0 Å². The van der Waals surface area contributed by atoms with Crippen LogP contribution >= 0.6 is 0 Å². The van der Waals surface area contributed by atoms with Gasteiger partial charge >= 0.3 is 47.9 Å². The zero-order valence-electron chi connectivity index (χ0n) is 35.4. The Hall–Kier alpha value is -2.17. The first-order chi connectivity index (χ1) is 28.1.